The van der Waals surface area contributed by atoms with Gasteiger partial charge in [-0.1, -0.05) is 19.3 Å². The van der Waals surface area contributed by atoms with Gasteiger partial charge in [-0.15, -0.1) is 0 Å². The van der Waals surface area contributed by atoms with Crippen LogP contribution in [0, 0.1) is 19.8 Å². The monoisotopic (exact) mass is 311 g/mol. The number of sulfonamides is 1. The molecule has 2 N–H and O–H groups in total. The van der Waals surface area contributed by atoms with Gasteiger partial charge in [0.25, 0.3) is 0 Å². The molecule has 0 unspecified atom stereocenters. The van der Waals surface area contributed by atoms with E-state index in [1.165, 1.54) is 25.3 Å². The highest BCUT2D eigenvalue weighted by Gasteiger charge is 2.20. The van der Waals surface area contributed by atoms with Crippen molar-refractivity contribution in [1.82, 2.24) is 0 Å². The fraction of sp³-hybridized carbons (Fsp3) is 0.533. The van der Waals surface area contributed by atoms with E-state index in [4.69, 9.17) is 9.88 Å². The Hall–Kier alpha value is -1.40. The number of aryl methyl sites for hydroxylation is 1. The SMILES string of the molecule is Cc1cc(C(=O)OCCC2CCC2)cc(S(N)(=O)=O)c1C. The maximum Gasteiger partial charge on any atom is 0.338 e. The first-order valence-electron chi connectivity index (χ1n) is 7.10. The summed E-state index contributed by atoms with van der Waals surface area (Å²) in [6, 6.07) is 2.93. The van der Waals surface area contributed by atoms with Crippen LogP contribution in [0.3, 0.4) is 0 Å². The lowest BCUT2D eigenvalue weighted by atomic mass is 9.83. The number of rotatable bonds is 5. The minimum absolute atomic E-state index is 0.0200. The van der Waals surface area contributed by atoms with Gasteiger partial charge in [0.1, 0.15) is 0 Å². The Morgan fingerprint density at radius 3 is 2.52 bits per heavy atom. The quantitative estimate of drug-likeness (QED) is 0.845. The summed E-state index contributed by atoms with van der Waals surface area (Å²) in [7, 11) is -3.85. The second-order valence-corrected chi connectivity index (χ2v) is 7.21. The number of benzene rings is 1. The van der Waals surface area contributed by atoms with Crippen molar-refractivity contribution in [2.75, 3.05) is 6.61 Å². The van der Waals surface area contributed by atoms with E-state index in [0.29, 0.717) is 23.7 Å². The summed E-state index contributed by atoms with van der Waals surface area (Å²) in [4.78, 5) is 12.0. The average Bonchev–Trinajstić information content (AvgIpc) is 2.33. The number of carbonyl (C=O) groups is 1. The first kappa shape index (κ1) is 16.0. The van der Waals surface area contributed by atoms with E-state index < -0.39 is 16.0 Å². The van der Waals surface area contributed by atoms with Crippen molar-refractivity contribution >= 4 is 16.0 Å². The zero-order valence-electron chi connectivity index (χ0n) is 12.4. The molecule has 116 valence electrons. The van der Waals surface area contributed by atoms with Crippen molar-refractivity contribution in [2.24, 2.45) is 11.1 Å². The molecule has 1 fully saturated rings. The summed E-state index contributed by atoms with van der Waals surface area (Å²) in [6.07, 6.45) is 4.54. The molecule has 1 aliphatic carbocycles. The van der Waals surface area contributed by atoms with Crippen LogP contribution < -0.4 is 5.14 Å². The van der Waals surface area contributed by atoms with E-state index >= 15 is 0 Å². The van der Waals surface area contributed by atoms with Gasteiger partial charge in [-0.2, -0.15) is 0 Å². The van der Waals surface area contributed by atoms with Gasteiger partial charge in [-0.05, 0) is 49.4 Å². The summed E-state index contributed by atoms with van der Waals surface area (Å²) < 4.78 is 28.3. The van der Waals surface area contributed by atoms with Gasteiger partial charge in [0.2, 0.25) is 10.0 Å². The first-order chi connectivity index (χ1) is 9.79. The number of hydrogen-bond donors (Lipinski definition) is 1. The number of esters is 1. The molecule has 0 aromatic heterocycles. The number of primary sulfonamides is 1. The van der Waals surface area contributed by atoms with E-state index in [1.54, 1.807) is 19.9 Å². The van der Waals surface area contributed by atoms with Crippen LogP contribution in [0.4, 0.5) is 0 Å². The van der Waals surface area contributed by atoms with Gasteiger partial charge in [0.15, 0.2) is 0 Å². The van der Waals surface area contributed by atoms with Crippen LogP contribution in [-0.2, 0) is 14.8 Å². The molecule has 1 aromatic rings. The van der Waals surface area contributed by atoms with E-state index in [-0.39, 0.29) is 10.5 Å². The molecule has 0 spiro atoms. The molecule has 0 aliphatic heterocycles. The maximum absolute atomic E-state index is 12.0. The molecule has 1 saturated carbocycles. The predicted molar refractivity (Wildman–Crippen MR) is 79.5 cm³/mol. The molecular formula is C15H21NO4S. The summed E-state index contributed by atoms with van der Waals surface area (Å²) in [5.41, 5.74) is 1.49. The molecule has 0 radical (unpaired) electrons. The summed E-state index contributed by atoms with van der Waals surface area (Å²) in [5.74, 6) is 0.167. The van der Waals surface area contributed by atoms with Gasteiger partial charge in [-0.25, -0.2) is 18.4 Å². The van der Waals surface area contributed by atoms with Crippen LogP contribution in [0.5, 0.6) is 0 Å². The Labute approximate surface area is 125 Å². The maximum atomic E-state index is 12.0. The second-order valence-electron chi connectivity index (χ2n) is 5.68. The highest BCUT2D eigenvalue weighted by Crippen LogP contribution is 2.29. The van der Waals surface area contributed by atoms with E-state index in [2.05, 4.69) is 0 Å². The lowest BCUT2D eigenvalue weighted by Gasteiger charge is -2.24. The van der Waals surface area contributed by atoms with Crippen molar-refractivity contribution in [2.45, 2.75) is 44.4 Å². The lowest BCUT2D eigenvalue weighted by molar-refractivity contribution is 0.0464. The third-order valence-corrected chi connectivity index (χ3v) is 5.18. The predicted octanol–water partition coefficient (Wildman–Crippen LogP) is 2.30. The lowest BCUT2D eigenvalue weighted by Crippen LogP contribution is -2.17. The topological polar surface area (TPSA) is 86.5 Å². The van der Waals surface area contributed by atoms with Crippen molar-refractivity contribution in [3.63, 3.8) is 0 Å². The highest BCUT2D eigenvalue weighted by molar-refractivity contribution is 7.89. The molecule has 21 heavy (non-hydrogen) atoms. The van der Waals surface area contributed by atoms with Crippen LogP contribution in [0.15, 0.2) is 17.0 Å². The second kappa shape index (κ2) is 6.15. The standard InChI is InChI=1S/C15H21NO4S/c1-10-8-13(9-14(11(10)2)21(16,18)19)15(17)20-7-6-12-4-3-5-12/h8-9,12H,3-7H2,1-2H3,(H2,16,18,19). The van der Waals surface area contributed by atoms with Crippen LogP contribution in [0.2, 0.25) is 0 Å². The highest BCUT2D eigenvalue weighted by atomic mass is 32.2. The molecule has 0 saturated heterocycles. The summed E-state index contributed by atoms with van der Waals surface area (Å²) in [6.45, 7) is 3.79. The Morgan fingerprint density at radius 1 is 1.33 bits per heavy atom. The Kier molecular flexibility index (Phi) is 4.68. The van der Waals surface area contributed by atoms with Gasteiger partial charge >= 0.3 is 5.97 Å². The normalized spacial score (nSPS) is 15.6. The van der Waals surface area contributed by atoms with Crippen LogP contribution in [0.1, 0.15) is 47.2 Å². The van der Waals surface area contributed by atoms with Gasteiger partial charge < -0.3 is 4.74 Å². The minimum atomic E-state index is -3.85. The zero-order valence-corrected chi connectivity index (χ0v) is 13.2. The number of nitrogens with two attached hydrogens (primary N) is 1. The van der Waals surface area contributed by atoms with Gasteiger partial charge in [0.05, 0.1) is 17.1 Å². The summed E-state index contributed by atoms with van der Waals surface area (Å²) >= 11 is 0. The molecule has 0 heterocycles. The Balaban J connectivity index is 2.11. The van der Waals surface area contributed by atoms with Crippen molar-refractivity contribution in [3.8, 4) is 0 Å². The van der Waals surface area contributed by atoms with Crippen LogP contribution in [0.25, 0.3) is 0 Å². The third-order valence-electron chi connectivity index (χ3n) is 4.15. The molecule has 2 rings (SSSR count). The average molecular weight is 311 g/mol. The third kappa shape index (κ3) is 3.83. The first-order valence-corrected chi connectivity index (χ1v) is 8.65. The molecule has 0 amide bonds. The molecule has 5 nitrogen and oxygen atoms in total. The molecule has 6 heteroatoms. The van der Waals surface area contributed by atoms with Crippen LogP contribution >= 0.6 is 0 Å². The zero-order chi connectivity index (χ0) is 15.6. The van der Waals surface area contributed by atoms with Crippen molar-refractivity contribution in [1.29, 1.82) is 0 Å². The molecule has 0 bridgehead atoms. The molecule has 1 aliphatic rings. The van der Waals surface area contributed by atoms with Gasteiger partial charge in [0, 0.05) is 0 Å². The summed E-state index contributed by atoms with van der Waals surface area (Å²) in [5, 5.41) is 5.18. The van der Waals surface area contributed by atoms with E-state index in [9.17, 15) is 13.2 Å². The smallest absolute Gasteiger partial charge is 0.338 e. The molecular weight excluding hydrogens is 290 g/mol. The van der Waals surface area contributed by atoms with Gasteiger partial charge in [-0.3, -0.25) is 0 Å². The minimum Gasteiger partial charge on any atom is -0.462 e. The number of ether oxygens (including phenoxy) is 1. The molecule has 1 aromatic carbocycles. The number of hydrogen-bond acceptors (Lipinski definition) is 4. The van der Waals surface area contributed by atoms with E-state index in [1.807, 2.05) is 0 Å². The van der Waals surface area contributed by atoms with Crippen LogP contribution in [-0.4, -0.2) is 21.0 Å². The Morgan fingerprint density at radius 2 is 2.00 bits per heavy atom. The number of carbonyl (C=O) groups excluding carboxylic acids is 1. The Bertz CT molecular complexity index is 648. The van der Waals surface area contributed by atoms with E-state index in [0.717, 1.165) is 6.42 Å². The largest absolute Gasteiger partial charge is 0.462 e. The van der Waals surface area contributed by atoms with Crippen molar-refractivity contribution < 1.29 is 17.9 Å². The van der Waals surface area contributed by atoms with Crippen molar-refractivity contribution in [3.05, 3.63) is 28.8 Å². The fourth-order valence-corrected chi connectivity index (χ4v) is 3.30. The molecule has 0 atom stereocenters. The fourth-order valence-electron chi connectivity index (χ4n) is 2.42.